The molecule has 6 nitrogen and oxygen atoms in total. The standard InChI is InChI=1S/C18H19N3O3/c1-20-10-13-7-6-12(9-16(20)22)21(13)18(24)14-8-11-4-2-3-5-15(11)19-17(14)23/h2-5,8,12-13H,6-7,9-10H2,1H3,(H,19,23)/t12-,13+/m1/s1. The van der Waals surface area contributed by atoms with Crippen molar-refractivity contribution in [1.29, 1.82) is 0 Å². The first-order valence-corrected chi connectivity index (χ1v) is 8.23. The van der Waals surface area contributed by atoms with Gasteiger partial charge in [0.05, 0.1) is 0 Å². The zero-order valence-electron chi connectivity index (χ0n) is 13.5. The fourth-order valence-electron chi connectivity index (χ4n) is 3.89. The maximum Gasteiger partial charge on any atom is 0.261 e. The Bertz CT molecular complexity index is 888. The van der Waals surface area contributed by atoms with Gasteiger partial charge in [-0.05, 0) is 30.4 Å². The fraction of sp³-hybridized carbons (Fsp3) is 0.389. The van der Waals surface area contributed by atoms with E-state index < -0.39 is 0 Å². The summed E-state index contributed by atoms with van der Waals surface area (Å²) in [5.74, 6) is -0.204. The second kappa shape index (κ2) is 5.47. The van der Waals surface area contributed by atoms with E-state index in [0.29, 0.717) is 18.5 Å². The Kier molecular flexibility index (Phi) is 3.40. The molecule has 0 aliphatic carbocycles. The quantitative estimate of drug-likeness (QED) is 0.860. The van der Waals surface area contributed by atoms with Gasteiger partial charge in [0.15, 0.2) is 0 Å². The van der Waals surface area contributed by atoms with Crippen LogP contribution in [0.5, 0.6) is 0 Å². The lowest BCUT2D eigenvalue weighted by atomic mass is 10.1. The van der Waals surface area contributed by atoms with Crippen LogP contribution in [-0.2, 0) is 4.79 Å². The molecule has 0 saturated carbocycles. The molecule has 2 fully saturated rings. The molecule has 2 aliphatic rings. The van der Waals surface area contributed by atoms with Crippen molar-refractivity contribution in [2.24, 2.45) is 0 Å². The predicted molar refractivity (Wildman–Crippen MR) is 89.8 cm³/mol. The van der Waals surface area contributed by atoms with Gasteiger partial charge in [0.25, 0.3) is 11.5 Å². The third-order valence-corrected chi connectivity index (χ3v) is 5.16. The average molecular weight is 325 g/mol. The zero-order chi connectivity index (χ0) is 16.8. The predicted octanol–water partition coefficient (Wildman–Crippen LogP) is 1.36. The van der Waals surface area contributed by atoms with Crippen LogP contribution < -0.4 is 5.56 Å². The highest BCUT2D eigenvalue weighted by Crippen LogP contribution is 2.31. The van der Waals surface area contributed by atoms with Crippen LogP contribution in [0, 0.1) is 0 Å². The van der Waals surface area contributed by atoms with Gasteiger partial charge in [-0.25, -0.2) is 0 Å². The summed E-state index contributed by atoms with van der Waals surface area (Å²) >= 11 is 0. The minimum absolute atomic E-state index is 0.00943. The molecule has 2 saturated heterocycles. The number of hydrogen-bond acceptors (Lipinski definition) is 3. The molecule has 2 aliphatic heterocycles. The molecule has 24 heavy (non-hydrogen) atoms. The van der Waals surface area contributed by atoms with Gasteiger partial charge in [0, 0.05) is 37.6 Å². The van der Waals surface area contributed by atoms with Gasteiger partial charge in [-0.3, -0.25) is 14.4 Å². The third-order valence-electron chi connectivity index (χ3n) is 5.16. The number of aromatic amines is 1. The number of carbonyl (C=O) groups is 2. The highest BCUT2D eigenvalue weighted by atomic mass is 16.2. The maximum atomic E-state index is 13.1. The summed E-state index contributed by atoms with van der Waals surface area (Å²) in [6.45, 7) is 0.534. The molecule has 1 N–H and O–H groups in total. The Hall–Kier alpha value is -2.63. The number of pyridine rings is 1. The van der Waals surface area contributed by atoms with Crippen LogP contribution in [0.1, 0.15) is 29.6 Å². The molecule has 6 heteroatoms. The van der Waals surface area contributed by atoms with Gasteiger partial charge in [-0.2, -0.15) is 0 Å². The lowest BCUT2D eigenvalue weighted by molar-refractivity contribution is -0.130. The molecule has 2 aromatic rings. The number of hydrogen-bond donors (Lipinski definition) is 1. The van der Waals surface area contributed by atoms with Crippen LogP contribution in [0.3, 0.4) is 0 Å². The van der Waals surface area contributed by atoms with E-state index in [1.54, 1.807) is 22.9 Å². The SMILES string of the molecule is CN1C[C@@H]2CC[C@H](CC1=O)N2C(=O)c1cc2ccccc2[nH]c1=O. The molecule has 0 radical (unpaired) electrons. The van der Waals surface area contributed by atoms with E-state index in [9.17, 15) is 14.4 Å². The van der Waals surface area contributed by atoms with Crippen molar-refractivity contribution in [2.75, 3.05) is 13.6 Å². The van der Waals surface area contributed by atoms with Crippen LogP contribution in [0.25, 0.3) is 10.9 Å². The Labute approximate surface area is 139 Å². The second-order valence-electron chi connectivity index (χ2n) is 6.68. The van der Waals surface area contributed by atoms with E-state index in [1.165, 1.54) is 0 Å². The number of rotatable bonds is 1. The molecule has 2 amide bonds. The average Bonchev–Trinajstić information content (AvgIpc) is 2.89. The number of aromatic nitrogens is 1. The molecule has 0 spiro atoms. The highest BCUT2D eigenvalue weighted by Gasteiger charge is 2.42. The number of amides is 2. The Balaban J connectivity index is 1.75. The van der Waals surface area contributed by atoms with Crippen molar-refractivity contribution in [3.63, 3.8) is 0 Å². The van der Waals surface area contributed by atoms with Gasteiger partial charge < -0.3 is 14.8 Å². The maximum absolute atomic E-state index is 13.1. The number of fused-ring (bicyclic) bond motifs is 3. The number of benzene rings is 1. The summed E-state index contributed by atoms with van der Waals surface area (Å²) in [5, 5.41) is 0.829. The molecule has 124 valence electrons. The number of para-hydroxylation sites is 1. The van der Waals surface area contributed by atoms with Gasteiger partial charge in [-0.1, -0.05) is 18.2 Å². The largest absolute Gasteiger partial charge is 0.344 e. The van der Waals surface area contributed by atoms with E-state index in [2.05, 4.69) is 4.98 Å². The van der Waals surface area contributed by atoms with Gasteiger partial charge in [0.1, 0.15) is 5.56 Å². The summed E-state index contributed by atoms with van der Waals surface area (Å²) in [6.07, 6.45) is 2.03. The minimum Gasteiger partial charge on any atom is -0.344 e. The highest BCUT2D eigenvalue weighted by molar-refractivity contribution is 5.98. The van der Waals surface area contributed by atoms with Crippen molar-refractivity contribution >= 4 is 22.7 Å². The van der Waals surface area contributed by atoms with E-state index in [4.69, 9.17) is 0 Å². The molecule has 2 atom stereocenters. The lowest BCUT2D eigenvalue weighted by Crippen LogP contribution is -2.44. The zero-order valence-corrected chi connectivity index (χ0v) is 13.5. The van der Waals surface area contributed by atoms with Gasteiger partial charge in [-0.15, -0.1) is 0 Å². The van der Waals surface area contributed by atoms with Gasteiger partial charge in [0.2, 0.25) is 5.91 Å². The van der Waals surface area contributed by atoms with Crippen LogP contribution in [0.4, 0.5) is 0 Å². The Morgan fingerprint density at radius 2 is 1.92 bits per heavy atom. The third kappa shape index (κ3) is 2.29. The first-order chi connectivity index (χ1) is 11.5. The summed E-state index contributed by atoms with van der Waals surface area (Å²) in [4.78, 5) is 43.8. The summed E-state index contributed by atoms with van der Waals surface area (Å²) < 4.78 is 0. The van der Waals surface area contributed by atoms with Crippen molar-refractivity contribution in [1.82, 2.24) is 14.8 Å². The van der Waals surface area contributed by atoms with Crippen LogP contribution in [0.2, 0.25) is 0 Å². The number of carbonyl (C=O) groups excluding carboxylic acids is 2. The molecule has 1 aromatic carbocycles. The number of nitrogens with one attached hydrogen (secondary N) is 1. The summed E-state index contributed by atoms with van der Waals surface area (Å²) in [7, 11) is 1.77. The van der Waals surface area contributed by atoms with Crippen molar-refractivity contribution < 1.29 is 9.59 Å². The van der Waals surface area contributed by atoms with E-state index >= 15 is 0 Å². The number of likely N-dealkylation sites (N-methyl/N-ethyl adjacent to an activating group) is 1. The number of likely N-dealkylation sites (tertiary alicyclic amines) is 1. The topological polar surface area (TPSA) is 73.5 Å². The first-order valence-electron chi connectivity index (χ1n) is 8.23. The van der Waals surface area contributed by atoms with Crippen molar-refractivity contribution in [3.8, 4) is 0 Å². The molecule has 0 unspecified atom stereocenters. The number of nitrogens with zero attached hydrogens (tertiary/aromatic N) is 2. The monoisotopic (exact) mass is 325 g/mol. The Morgan fingerprint density at radius 3 is 2.75 bits per heavy atom. The van der Waals surface area contributed by atoms with E-state index in [0.717, 1.165) is 18.2 Å². The minimum atomic E-state index is -0.373. The summed E-state index contributed by atoms with van der Waals surface area (Å²) in [6, 6.07) is 8.95. The fourth-order valence-corrected chi connectivity index (χ4v) is 3.89. The van der Waals surface area contributed by atoms with E-state index in [1.807, 2.05) is 24.3 Å². The lowest BCUT2D eigenvalue weighted by Gasteiger charge is -2.27. The van der Waals surface area contributed by atoms with Crippen LogP contribution in [0.15, 0.2) is 35.1 Å². The Morgan fingerprint density at radius 1 is 1.17 bits per heavy atom. The van der Waals surface area contributed by atoms with E-state index in [-0.39, 0.29) is 35.0 Å². The summed E-state index contributed by atoms with van der Waals surface area (Å²) in [5.41, 5.74) is 0.498. The molecular formula is C18H19N3O3. The smallest absolute Gasteiger partial charge is 0.261 e. The normalized spacial score (nSPS) is 23.6. The molecule has 4 rings (SSSR count). The van der Waals surface area contributed by atoms with Crippen molar-refractivity contribution in [3.05, 3.63) is 46.2 Å². The van der Waals surface area contributed by atoms with Crippen LogP contribution in [-0.4, -0.2) is 52.3 Å². The van der Waals surface area contributed by atoms with Gasteiger partial charge >= 0.3 is 0 Å². The molecule has 1 aromatic heterocycles. The first kappa shape index (κ1) is 14.9. The van der Waals surface area contributed by atoms with Crippen molar-refractivity contribution in [2.45, 2.75) is 31.3 Å². The second-order valence-corrected chi connectivity index (χ2v) is 6.68. The molecule has 3 heterocycles. The number of H-pyrrole nitrogens is 1. The molecule has 2 bridgehead atoms. The molecular weight excluding hydrogens is 306 g/mol. The van der Waals surface area contributed by atoms with Crippen LogP contribution >= 0.6 is 0 Å².